The molecular weight excluding hydrogens is 288 g/mol. The summed E-state index contributed by atoms with van der Waals surface area (Å²) in [5, 5.41) is 2.75. The molecule has 1 atom stereocenters. The predicted octanol–water partition coefficient (Wildman–Crippen LogP) is 5.28. The van der Waals surface area contributed by atoms with Crippen LogP contribution in [0.25, 0.3) is 21.8 Å². The zero-order valence-electron chi connectivity index (χ0n) is 11.7. The molecule has 1 aromatic heterocycles. The summed E-state index contributed by atoms with van der Waals surface area (Å²) < 4.78 is 2.45. The van der Waals surface area contributed by atoms with E-state index in [9.17, 15) is 0 Å². The molecule has 0 amide bonds. The Morgan fingerprint density at radius 1 is 0.842 bits per heavy atom. The van der Waals surface area contributed by atoms with Crippen molar-refractivity contribution in [2.45, 2.75) is 20.8 Å². The van der Waals surface area contributed by atoms with E-state index in [1.807, 2.05) is 13.8 Å². The molecule has 0 bridgehead atoms. The number of fused-ring (bicyclic) bond motifs is 3. The molecule has 0 saturated carbocycles. The third-order valence-electron chi connectivity index (χ3n) is 2.90. The van der Waals surface area contributed by atoms with Gasteiger partial charge in [0, 0.05) is 29.3 Å². The van der Waals surface area contributed by atoms with Crippen LogP contribution < -0.4 is 0 Å². The van der Waals surface area contributed by atoms with E-state index in [1.54, 1.807) is 0 Å². The molecule has 1 unspecified atom stereocenters. The SMILES string of the molecule is CC.CCPn1c2ccccc2c2ccccc21.[V]. The molecule has 1 nitrogen and oxygen atoms in total. The van der Waals surface area contributed by atoms with Crippen molar-refractivity contribution in [2.75, 3.05) is 6.16 Å². The Hall–Kier alpha value is -0.746. The number of para-hydroxylation sites is 2. The first kappa shape index (κ1) is 16.3. The number of aromatic nitrogens is 1. The molecule has 3 rings (SSSR count). The Kier molecular flexibility index (Phi) is 6.65. The van der Waals surface area contributed by atoms with Gasteiger partial charge in [0.2, 0.25) is 0 Å². The van der Waals surface area contributed by atoms with Crippen LogP contribution in [0.15, 0.2) is 48.5 Å². The molecule has 0 aliphatic carbocycles. The van der Waals surface area contributed by atoms with Gasteiger partial charge in [-0.1, -0.05) is 57.2 Å². The summed E-state index contributed by atoms with van der Waals surface area (Å²) in [5.74, 6) is 0. The second-order valence-corrected chi connectivity index (χ2v) is 5.35. The van der Waals surface area contributed by atoms with Crippen LogP contribution in [0.4, 0.5) is 0 Å². The first-order valence-electron chi connectivity index (χ1n) is 6.64. The zero-order chi connectivity index (χ0) is 13.0. The molecule has 3 aromatic rings. The van der Waals surface area contributed by atoms with Crippen molar-refractivity contribution in [3.63, 3.8) is 0 Å². The summed E-state index contributed by atoms with van der Waals surface area (Å²) >= 11 is 0. The minimum atomic E-state index is 0. The minimum Gasteiger partial charge on any atom is -0.322 e. The molecule has 3 heteroatoms. The predicted molar refractivity (Wildman–Crippen MR) is 85.0 cm³/mol. The number of rotatable bonds is 2. The Morgan fingerprint density at radius 2 is 1.26 bits per heavy atom. The Labute approximate surface area is 129 Å². The summed E-state index contributed by atoms with van der Waals surface area (Å²) in [7, 11) is 0.836. The van der Waals surface area contributed by atoms with Crippen LogP contribution in [0.1, 0.15) is 20.8 Å². The van der Waals surface area contributed by atoms with Crippen LogP contribution in [0, 0.1) is 0 Å². The van der Waals surface area contributed by atoms with E-state index in [0.29, 0.717) is 0 Å². The van der Waals surface area contributed by atoms with E-state index in [-0.39, 0.29) is 18.6 Å². The Bertz CT molecular complexity index is 592. The van der Waals surface area contributed by atoms with Crippen LogP contribution in [-0.2, 0) is 18.6 Å². The van der Waals surface area contributed by atoms with Gasteiger partial charge >= 0.3 is 0 Å². The van der Waals surface area contributed by atoms with Gasteiger partial charge in [-0.2, -0.15) is 0 Å². The molecule has 1 radical (unpaired) electrons. The molecule has 1 heterocycles. The van der Waals surface area contributed by atoms with E-state index in [4.69, 9.17) is 0 Å². The molecule has 2 aromatic carbocycles. The van der Waals surface area contributed by atoms with Gasteiger partial charge in [-0.3, -0.25) is 0 Å². The third kappa shape index (κ3) is 3.05. The molecule has 0 spiro atoms. The van der Waals surface area contributed by atoms with Gasteiger partial charge in [-0.25, -0.2) is 0 Å². The maximum atomic E-state index is 2.45. The maximum Gasteiger partial charge on any atom is 0.0523 e. The van der Waals surface area contributed by atoms with E-state index in [2.05, 4.69) is 59.8 Å². The average Bonchev–Trinajstić information content (AvgIpc) is 2.77. The fraction of sp³-hybridized carbons (Fsp3) is 0.250. The summed E-state index contributed by atoms with van der Waals surface area (Å²) in [6.07, 6.45) is 1.20. The fourth-order valence-electron chi connectivity index (χ4n) is 2.25. The topological polar surface area (TPSA) is 4.93 Å². The van der Waals surface area contributed by atoms with Crippen LogP contribution in [0.5, 0.6) is 0 Å². The number of benzene rings is 2. The van der Waals surface area contributed by atoms with Crippen LogP contribution in [-0.4, -0.2) is 10.5 Å². The van der Waals surface area contributed by atoms with Gasteiger partial charge in [0.25, 0.3) is 0 Å². The number of hydrogen-bond acceptors (Lipinski definition) is 0. The quantitative estimate of drug-likeness (QED) is 0.568. The van der Waals surface area contributed by atoms with E-state index < -0.39 is 0 Å². The van der Waals surface area contributed by atoms with Gasteiger partial charge in [0.05, 0.1) is 11.0 Å². The van der Waals surface area contributed by atoms with E-state index in [0.717, 1.165) is 8.73 Å². The minimum absolute atomic E-state index is 0. The third-order valence-corrected chi connectivity index (χ3v) is 4.01. The van der Waals surface area contributed by atoms with Crippen molar-refractivity contribution in [1.82, 2.24) is 4.34 Å². The largest absolute Gasteiger partial charge is 0.322 e. The first-order chi connectivity index (χ1) is 8.92. The number of nitrogens with zero attached hydrogens (tertiary/aromatic N) is 1. The Balaban J connectivity index is 0.000000576. The summed E-state index contributed by atoms with van der Waals surface area (Å²) in [6, 6.07) is 17.4. The average molecular weight is 308 g/mol. The van der Waals surface area contributed by atoms with Crippen LogP contribution >= 0.6 is 8.73 Å². The van der Waals surface area contributed by atoms with Crippen molar-refractivity contribution in [3.8, 4) is 0 Å². The van der Waals surface area contributed by atoms with Crippen molar-refractivity contribution < 1.29 is 18.6 Å². The smallest absolute Gasteiger partial charge is 0.0523 e. The molecular formula is C16H20NPV. The van der Waals surface area contributed by atoms with Crippen LogP contribution in [0.2, 0.25) is 0 Å². The van der Waals surface area contributed by atoms with Crippen molar-refractivity contribution >= 4 is 30.5 Å². The van der Waals surface area contributed by atoms with Gasteiger partial charge in [-0.15, -0.1) is 0 Å². The Morgan fingerprint density at radius 3 is 1.68 bits per heavy atom. The standard InChI is InChI=1S/C14H14NP.C2H6.V/c1-2-16-15-13-9-5-3-7-11(13)12-8-4-6-10-14(12)15;1-2;/h3-10,16H,2H2,1H3;1-2H3;. The zero-order valence-corrected chi connectivity index (χ0v) is 14.1. The molecule has 0 aliphatic heterocycles. The molecule has 0 aliphatic rings. The van der Waals surface area contributed by atoms with E-state index >= 15 is 0 Å². The van der Waals surface area contributed by atoms with Crippen LogP contribution in [0.3, 0.4) is 0 Å². The normalized spacial score (nSPS) is 10.5. The van der Waals surface area contributed by atoms with Crippen molar-refractivity contribution in [3.05, 3.63) is 48.5 Å². The maximum absolute atomic E-state index is 2.45. The van der Waals surface area contributed by atoms with Gasteiger partial charge in [0.1, 0.15) is 0 Å². The van der Waals surface area contributed by atoms with Crippen molar-refractivity contribution in [1.29, 1.82) is 0 Å². The van der Waals surface area contributed by atoms with Gasteiger partial charge in [0.15, 0.2) is 0 Å². The molecule has 0 fully saturated rings. The summed E-state index contributed by atoms with van der Waals surface area (Å²) in [5.41, 5.74) is 2.73. The van der Waals surface area contributed by atoms with Gasteiger partial charge in [-0.05, 0) is 27.0 Å². The van der Waals surface area contributed by atoms with E-state index in [1.165, 1.54) is 28.0 Å². The summed E-state index contributed by atoms with van der Waals surface area (Å²) in [6.45, 7) is 6.24. The molecule has 19 heavy (non-hydrogen) atoms. The first-order valence-corrected chi connectivity index (χ1v) is 7.79. The van der Waals surface area contributed by atoms with Crippen molar-refractivity contribution in [2.24, 2.45) is 0 Å². The molecule has 99 valence electrons. The fourth-order valence-corrected chi connectivity index (χ4v) is 3.30. The number of hydrogen-bond donors (Lipinski definition) is 0. The second-order valence-electron chi connectivity index (χ2n) is 3.88. The summed E-state index contributed by atoms with van der Waals surface area (Å²) in [4.78, 5) is 0. The molecule has 0 saturated heterocycles. The molecule has 0 N–H and O–H groups in total. The monoisotopic (exact) mass is 308 g/mol. The van der Waals surface area contributed by atoms with Gasteiger partial charge < -0.3 is 4.34 Å². The second kappa shape index (κ2) is 7.75.